The number of likely N-dealkylation sites (tertiary alicyclic amines) is 1. The topological polar surface area (TPSA) is 36.6 Å². The van der Waals surface area contributed by atoms with Crippen molar-refractivity contribution in [3.63, 3.8) is 0 Å². The summed E-state index contributed by atoms with van der Waals surface area (Å²) in [5.74, 6) is -0.211. The summed E-state index contributed by atoms with van der Waals surface area (Å²) in [5, 5.41) is 10.3. The zero-order valence-electron chi connectivity index (χ0n) is 12.2. The maximum Gasteiger partial charge on any atom is 0.129 e. The van der Waals surface area contributed by atoms with Gasteiger partial charge in [0.05, 0.1) is 18.9 Å². The third-order valence-electron chi connectivity index (χ3n) is 4.31. The van der Waals surface area contributed by atoms with Crippen LogP contribution in [0.1, 0.15) is 30.3 Å². The quantitative estimate of drug-likeness (QED) is 0.939. The molecule has 1 aromatic heterocycles. The summed E-state index contributed by atoms with van der Waals surface area (Å²) in [6.45, 7) is 2.35. The maximum absolute atomic E-state index is 13.8. The fourth-order valence-electron chi connectivity index (χ4n) is 3.04. The van der Waals surface area contributed by atoms with Crippen LogP contribution in [0.3, 0.4) is 0 Å². The molecular formula is C17H19F2NO2. The maximum atomic E-state index is 13.8. The van der Waals surface area contributed by atoms with E-state index >= 15 is 0 Å². The van der Waals surface area contributed by atoms with E-state index < -0.39 is 17.7 Å². The normalized spacial score (nSPS) is 18.5. The highest BCUT2D eigenvalue weighted by atomic mass is 19.1. The Morgan fingerprint density at radius 1 is 1.23 bits per heavy atom. The van der Waals surface area contributed by atoms with Crippen molar-refractivity contribution >= 4 is 0 Å². The Kier molecular flexibility index (Phi) is 4.55. The van der Waals surface area contributed by atoms with Gasteiger partial charge in [-0.05, 0) is 62.2 Å². The summed E-state index contributed by atoms with van der Waals surface area (Å²) in [6.07, 6.45) is 2.19. The van der Waals surface area contributed by atoms with Gasteiger partial charge >= 0.3 is 0 Å². The molecule has 1 atom stereocenters. The Hall–Kier alpha value is -1.72. The van der Waals surface area contributed by atoms with Crippen molar-refractivity contribution in [3.8, 4) is 0 Å². The van der Waals surface area contributed by atoms with Gasteiger partial charge < -0.3 is 9.52 Å². The lowest BCUT2D eigenvalue weighted by Gasteiger charge is -2.34. The Morgan fingerprint density at radius 2 is 2.00 bits per heavy atom. The minimum atomic E-state index is -0.957. The highest BCUT2D eigenvalue weighted by molar-refractivity contribution is 5.21. The summed E-state index contributed by atoms with van der Waals surface area (Å²) in [4.78, 5) is 2.24. The summed E-state index contributed by atoms with van der Waals surface area (Å²) in [5.41, 5.74) is 0.0597. The van der Waals surface area contributed by atoms with Crippen molar-refractivity contribution < 1.29 is 18.3 Å². The molecule has 1 saturated heterocycles. The first-order chi connectivity index (χ1) is 10.6. The molecule has 0 aliphatic carbocycles. The molecule has 0 spiro atoms. The van der Waals surface area contributed by atoms with Crippen molar-refractivity contribution in [2.24, 2.45) is 5.92 Å². The molecule has 118 valence electrons. The van der Waals surface area contributed by atoms with Crippen LogP contribution in [-0.4, -0.2) is 23.1 Å². The molecular weight excluding hydrogens is 288 g/mol. The molecule has 22 heavy (non-hydrogen) atoms. The van der Waals surface area contributed by atoms with Crippen LogP contribution in [-0.2, 0) is 6.54 Å². The lowest BCUT2D eigenvalue weighted by molar-refractivity contribution is 0.0524. The molecule has 1 aromatic carbocycles. The van der Waals surface area contributed by atoms with Crippen LogP contribution in [0.5, 0.6) is 0 Å². The minimum Gasteiger partial charge on any atom is -0.468 e. The highest BCUT2D eigenvalue weighted by Crippen LogP contribution is 2.32. The van der Waals surface area contributed by atoms with Gasteiger partial charge in [0.2, 0.25) is 0 Å². The van der Waals surface area contributed by atoms with Crippen molar-refractivity contribution in [1.82, 2.24) is 4.90 Å². The van der Waals surface area contributed by atoms with Gasteiger partial charge in [-0.25, -0.2) is 8.78 Å². The summed E-state index contributed by atoms with van der Waals surface area (Å²) >= 11 is 0. The molecule has 2 heterocycles. The number of furan rings is 1. The predicted molar refractivity (Wildman–Crippen MR) is 78.0 cm³/mol. The summed E-state index contributed by atoms with van der Waals surface area (Å²) in [6, 6.07) is 7.02. The van der Waals surface area contributed by atoms with E-state index in [1.54, 1.807) is 6.26 Å². The van der Waals surface area contributed by atoms with Gasteiger partial charge in [-0.2, -0.15) is 0 Å². The molecule has 0 radical (unpaired) electrons. The second kappa shape index (κ2) is 6.58. The highest BCUT2D eigenvalue weighted by Gasteiger charge is 2.28. The molecule has 5 heteroatoms. The van der Waals surface area contributed by atoms with E-state index in [0.717, 1.165) is 56.4 Å². The second-order valence-electron chi connectivity index (χ2n) is 5.80. The summed E-state index contributed by atoms with van der Waals surface area (Å²) in [7, 11) is 0. The van der Waals surface area contributed by atoms with Gasteiger partial charge in [0.1, 0.15) is 17.4 Å². The predicted octanol–water partition coefficient (Wildman–Crippen LogP) is 3.50. The number of rotatable bonds is 4. The molecule has 1 fully saturated rings. The van der Waals surface area contributed by atoms with Crippen LogP contribution in [0.15, 0.2) is 41.0 Å². The van der Waals surface area contributed by atoms with Crippen LogP contribution in [0.4, 0.5) is 8.78 Å². The average molecular weight is 307 g/mol. The van der Waals surface area contributed by atoms with Crippen LogP contribution in [0, 0.1) is 17.6 Å². The van der Waals surface area contributed by atoms with E-state index in [4.69, 9.17) is 4.42 Å². The Morgan fingerprint density at radius 3 is 2.68 bits per heavy atom. The zero-order valence-corrected chi connectivity index (χ0v) is 12.2. The number of aliphatic hydroxyl groups excluding tert-OH is 1. The van der Waals surface area contributed by atoms with E-state index in [1.165, 1.54) is 0 Å². The average Bonchev–Trinajstić information content (AvgIpc) is 3.03. The Bertz CT molecular complexity index is 607. The molecule has 0 saturated carbocycles. The third-order valence-corrected chi connectivity index (χ3v) is 4.31. The van der Waals surface area contributed by atoms with E-state index in [-0.39, 0.29) is 11.5 Å². The van der Waals surface area contributed by atoms with Gasteiger partial charge in [0.15, 0.2) is 0 Å². The first kappa shape index (κ1) is 15.2. The second-order valence-corrected chi connectivity index (χ2v) is 5.80. The Labute approximate surface area is 128 Å². The molecule has 3 nitrogen and oxygen atoms in total. The van der Waals surface area contributed by atoms with Crippen LogP contribution in [0.25, 0.3) is 0 Å². The standard InChI is InChI=1S/C17H19F2NO2/c18-13-3-4-16(19)15(10-13)17(21)12-5-7-20(8-6-12)11-14-2-1-9-22-14/h1-4,9-10,12,17,21H,5-8,11H2. The number of hydrogen-bond acceptors (Lipinski definition) is 3. The van der Waals surface area contributed by atoms with Gasteiger partial charge in [-0.3, -0.25) is 4.90 Å². The van der Waals surface area contributed by atoms with Crippen LogP contribution in [0.2, 0.25) is 0 Å². The molecule has 1 aliphatic heterocycles. The molecule has 1 N–H and O–H groups in total. The molecule has 1 aliphatic rings. The minimum absolute atomic E-state index is 0.0517. The van der Waals surface area contributed by atoms with Crippen LogP contribution >= 0.6 is 0 Å². The first-order valence-electron chi connectivity index (χ1n) is 7.51. The lowest BCUT2D eigenvalue weighted by Crippen LogP contribution is -2.35. The van der Waals surface area contributed by atoms with Crippen molar-refractivity contribution in [3.05, 3.63) is 59.6 Å². The summed E-state index contributed by atoms with van der Waals surface area (Å²) < 4.78 is 32.3. The molecule has 1 unspecified atom stereocenters. The van der Waals surface area contributed by atoms with E-state index in [9.17, 15) is 13.9 Å². The monoisotopic (exact) mass is 307 g/mol. The van der Waals surface area contributed by atoms with Gasteiger partial charge in [0.25, 0.3) is 0 Å². The Balaban J connectivity index is 1.59. The zero-order chi connectivity index (χ0) is 15.5. The van der Waals surface area contributed by atoms with Gasteiger partial charge in [-0.1, -0.05) is 0 Å². The van der Waals surface area contributed by atoms with Crippen molar-refractivity contribution in [1.29, 1.82) is 0 Å². The third kappa shape index (κ3) is 3.36. The molecule has 3 rings (SSSR count). The number of hydrogen-bond donors (Lipinski definition) is 1. The van der Waals surface area contributed by atoms with E-state index in [0.29, 0.717) is 0 Å². The SMILES string of the molecule is OC(c1cc(F)ccc1F)C1CCN(Cc2ccco2)CC1. The molecule has 2 aromatic rings. The van der Waals surface area contributed by atoms with E-state index in [1.807, 2.05) is 12.1 Å². The number of aliphatic hydroxyl groups is 1. The fourth-order valence-corrected chi connectivity index (χ4v) is 3.04. The van der Waals surface area contributed by atoms with Crippen molar-refractivity contribution in [2.75, 3.05) is 13.1 Å². The van der Waals surface area contributed by atoms with Gasteiger partial charge in [0, 0.05) is 5.56 Å². The lowest BCUT2D eigenvalue weighted by atomic mass is 9.87. The number of nitrogens with zero attached hydrogens (tertiary/aromatic N) is 1. The number of halogens is 2. The smallest absolute Gasteiger partial charge is 0.129 e. The number of piperidine rings is 1. The van der Waals surface area contributed by atoms with E-state index in [2.05, 4.69) is 4.90 Å². The fraction of sp³-hybridized carbons (Fsp3) is 0.412. The molecule has 0 bridgehead atoms. The van der Waals surface area contributed by atoms with Crippen LogP contribution < -0.4 is 0 Å². The largest absolute Gasteiger partial charge is 0.468 e. The van der Waals surface area contributed by atoms with Gasteiger partial charge in [-0.15, -0.1) is 0 Å². The molecule has 0 amide bonds. The first-order valence-corrected chi connectivity index (χ1v) is 7.51. The van der Waals surface area contributed by atoms with Crippen molar-refractivity contribution in [2.45, 2.75) is 25.5 Å². The number of benzene rings is 1.